The maximum atomic E-state index is 12.8. The first-order valence-electron chi connectivity index (χ1n) is 25.1. The number of ether oxygens (including phenoxy) is 2. The number of aliphatic hydroxyl groups excluding tert-OH is 5. The van der Waals surface area contributed by atoms with Crippen LogP contribution in [0, 0.1) is 0 Å². The minimum absolute atomic E-state index is 0.0907. The number of rotatable bonds is 42. The molecule has 0 amide bonds. The van der Waals surface area contributed by atoms with E-state index >= 15 is 0 Å². The number of phosphoric acid groups is 1. The molecule has 0 spiro atoms. The molecular weight excluding hydrogens is 828 g/mol. The number of esters is 2. The molecular formula is C49H91O13P. The summed E-state index contributed by atoms with van der Waals surface area (Å²) in [6.07, 6.45) is 30.8. The molecule has 14 heteroatoms. The highest BCUT2D eigenvalue weighted by Gasteiger charge is 2.51. The second-order valence-electron chi connectivity index (χ2n) is 17.7. The van der Waals surface area contributed by atoms with E-state index in [0.717, 1.165) is 77.0 Å². The Bertz CT molecular complexity index is 1200. The van der Waals surface area contributed by atoms with Crippen LogP contribution in [-0.4, -0.2) is 98.3 Å². The van der Waals surface area contributed by atoms with Gasteiger partial charge in [0.05, 0.1) is 6.61 Å². The highest BCUT2D eigenvalue weighted by Crippen LogP contribution is 2.47. The zero-order valence-corrected chi connectivity index (χ0v) is 40.3. The van der Waals surface area contributed by atoms with Crippen LogP contribution in [0.2, 0.25) is 0 Å². The molecule has 0 aromatic heterocycles. The monoisotopic (exact) mass is 919 g/mol. The molecule has 1 aliphatic rings. The van der Waals surface area contributed by atoms with Crippen molar-refractivity contribution in [1.29, 1.82) is 0 Å². The Morgan fingerprint density at radius 1 is 0.492 bits per heavy atom. The normalized spacial score (nSPS) is 21.8. The van der Waals surface area contributed by atoms with Crippen molar-refractivity contribution in [2.45, 2.75) is 262 Å². The van der Waals surface area contributed by atoms with Crippen LogP contribution in [0.15, 0.2) is 24.3 Å². The first-order chi connectivity index (χ1) is 30.4. The van der Waals surface area contributed by atoms with Crippen molar-refractivity contribution >= 4 is 19.8 Å². The van der Waals surface area contributed by atoms with E-state index in [1.165, 1.54) is 103 Å². The van der Waals surface area contributed by atoms with E-state index in [2.05, 4.69) is 38.2 Å². The Labute approximate surface area is 381 Å². The van der Waals surface area contributed by atoms with Crippen molar-refractivity contribution in [1.82, 2.24) is 0 Å². The van der Waals surface area contributed by atoms with Gasteiger partial charge >= 0.3 is 19.8 Å². The molecule has 13 nitrogen and oxygen atoms in total. The lowest BCUT2D eigenvalue weighted by molar-refractivity contribution is -0.220. The third-order valence-corrected chi connectivity index (χ3v) is 12.8. The van der Waals surface area contributed by atoms with Gasteiger partial charge in [-0.1, -0.05) is 186 Å². The average Bonchev–Trinajstić information content (AvgIpc) is 3.26. The Hall–Kier alpha value is -1.67. The number of aliphatic hydroxyl groups is 5. The number of hydrogen-bond donors (Lipinski definition) is 6. The Morgan fingerprint density at radius 3 is 1.32 bits per heavy atom. The molecule has 0 heterocycles. The van der Waals surface area contributed by atoms with Crippen molar-refractivity contribution in [3.05, 3.63) is 24.3 Å². The van der Waals surface area contributed by atoms with Crippen LogP contribution in [-0.2, 0) is 32.7 Å². The fraction of sp³-hybridized carbons (Fsp3) is 0.878. The molecule has 1 rings (SSSR count). The summed E-state index contributed by atoms with van der Waals surface area (Å²) >= 11 is 0. The summed E-state index contributed by atoms with van der Waals surface area (Å²) in [4.78, 5) is 35.8. The van der Waals surface area contributed by atoms with Gasteiger partial charge in [0, 0.05) is 12.8 Å². The van der Waals surface area contributed by atoms with Gasteiger partial charge in [0.2, 0.25) is 0 Å². The van der Waals surface area contributed by atoms with Gasteiger partial charge in [-0.15, -0.1) is 0 Å². The van der Waals surface area contributed by atoms with Crippen LogP contribution in [0.4, 0.5) is 0 Å². The molecule has 0 saturated heterocycles. The van der Waals surface area contributed by atoms with Crippen molar-refractivity contribution < 1.29 is 63.1 Å². The van der Waals surface area contributed by atoms with Crippen LogP contribution < -0.4 is 0 Å². The maximum Gasteiger partial charge on any atom is 0.472 e. The minimum Gasteiger partial charge on any atom is -0.462 e. The van der Waals surface area contributed by atoms with Gasteiger partial charge < -0.3 is 39.9 Å². The first-order valence-corrected chi connectivity index (χ1v) is 26.6. The number of hydrogen-bond acceptors (Lipinski definition) is 12. The van der Waals surface area contributed by atoms with Crippen molar-refractivity contribution in [3.63, 3.8) is 0 Å². The summed E-state index contributed by atoms with van der Waals surface area (Å²) in [5.41, 5.74) is 0. The van der Waals surface area contributed by atoms with Crippen molar-refractivity contribution in [2.75, 3.05) is 13.2 Å². The second kappa shape index (κ2) is 39.5. The van der Waals surface area contributed by atoms with E-state index in [1.807, 2.05) is 0 Å². The predicted octanol–water partition coefficient (Wildman–Crippen LogP) is 10.4. The highest BCUT2D eigenvalue weighted by atomic mass is 31.2. The number of unbranched alkanes of at least 4 members (excludes halogenated alkanes) is 26. The van der Waals surface area contributed by atoms with Gasteiger partial charge in [-0.05, 0) is 44.9 Å². The molecule has 370 valence electrons. The van der Waals surface area contributed by atoms with Gasteiger partial charge in [0.25, 0.3) is 0 Å². The van der Waals surface area contributed by atoms with Crippen LogP contribution >= 0.6 is 7.82 Å². The van der Waals surface area contributed by atoms with Crippen LogP contribution in [0.25, 0.3) is 0 Å². The molecule has 1 aliphatic carbocycles. The van der Waals surface area contributed by atoms with Crippen LogP contribution in [0.3, 0.4) is 0 Å². The summed E-state index contributed by atoms with van der Waals surface area (Å²) in [6.45, 7) is 3.30. The minimum atomic E-state index is -5.12. The third-order valence-electron chi connectivity index (χ3n) is 11.8. The molecule has 1 fully saturated rings. The standard InChI is InChI=1S/C49H91O13P/c1-3-5-7-9-11-13-15-17-19-21-23-25-27-29-31-33-35-37-42(50)59-39-41(40-60-63(57,58)62-49-47(55)45(53)44(52)46(54)48(49)56)61-43(51)38-36-34-32-30-28-26-24-22-20-18-16-14-12-10-8-6-4-2/h12,14,18,20,41,44-49,52-56H,3-11,13,15-17,19,21-40H2,1-2H3,(H,57,58)/b14-12-,20-18-. The zero-order chi connectivity index (χ0) is 46.4. The van der Waals surface area contributed by atoms with Gasteiger partial charge in [-0.3, -0.25) is 18.6 Å². The molecule has 0 aromatic rings. The van der Waals surface area contributed by atoms with E-state index in [1.54, 1.807) is 0 Å². The SMILES string of the molecule is CCCCC/C=C\C/C=C\CCCCCCCCCC(=O)OC(COC(=O)CCCCCCCCCCCCCCCCCCC)COP(=O)(O)OC1C(O)C(O)C(O)C(O)C1O. The summed E-state index contributed by atoms with van der Waals surface area (Å²) < 4.78 is 33.6. The zero-order valence-electron chi connectivity index (χ0n) is 39.4. The average molecular weight is 919 g/mol. The first kappa shape index (κ1) is 59.3. The topological polar surface area (TPSA) is 210 Å². The summed E-state index contributed by atoms with van der Waals surface area (Å²) in [7, 11) is -5.12. The quantitative estimate of drug-likeness (QED) is 0.0146. The van der Waals surface area contributed by atoms with E-state index in [4.69, 9.17) is 18.5 Å². The van der Waals surface area contributed by atoms with E-state index in [9.17, 15) is 44.6 Å². The summed E-state index contributed by atoms with van der Waals surface area (Å²) in [5, 5.41) is 50.2. The second-order valence-corrected chi connectivity index (χ2v) is 19.1. The van der Waals surface area contributed by atoms with Gasteiger partial charge in [-0.25, -0.2) is 4.57 Å². The van der Waals surface area contributed by atoms with Crippen LogP contribution in [0.1, 0.15) is 219 Å². The van der Waals surface area contributed by atoms with Gasteiger partial charge in [-0.2, -0.15) is 0 Å². The smallest absolute Gasteiger partial charge is 0.462 e. The molecule has 0 aliphatic heterocycles. The Kier molecular flexibility index (Phi) is 37.2. The van der Waals surface area contributed by atoms with Crippen molar-refractivity contribution in [2.24, 2.45) is 0 Å². The maximum absolute atomic E-state index is 12.8. The third kappa shape index (κ3) is 31.8. The van der Waals surface area contributed by atoms with Gasteiger partial charge in [0.1, 0.15) is 43.2 Å². The van der Waals surface area contributed by atoms with E-state index in [-0.39, 0.29) is 12.8 Å². The predicted molar refractivity (Wildman–Crippen MR) is 249 cm³/mol. The Balaban J connectivity index is 2.41. The molecule has 0 aromatic carbocycles. The lowest BCUT2D eigenvalue weighted by Gasteiger charge is -2.41. The van der Waals surface area contributed by atoms with E-state index in [0.29, 0.717) is 12.8 Å². The summed E-state index contributed by atoms with van der Waals surface area (Å²) in [6, 6.07) is 0. The highest BCUT2D eigenvalue weighted by molar-refractivity contribution is 7.47. The van der Waals surface area contributed by atoms with Crippen molar-refractivity contribution in [3.8, 4) is 0 Å². The van der Waals surface area contributed by atoms with Gasteiger partial charge in [0.15, 0.2) is 6.10 Å². The molecule has 0 bridgehead atoms. The number of carbonyl (C=O) groups is 2. The molecule has 0 radical (unpaired) electrons. The fourth-order valence-electron chi connectivity index (χ4n) is 7.73. The number of carbonyl (C=O) groups excluding carboxylic acids is 2. The molecule has 63 heavy (non-hydrogen) atoms. The lowest BCUT2D eigenvalue weighted by Crippen LogP contribution is -2.64. The number of phosphoric ester groups is 1. The van der Waals surface area contributed by atoms with E-state index < -0.39 is 75.7 Å². The summed E-state index contributed by atoms with van der Waals surface area (Å²) in [5.74, 6) is -1.10. The molecule has 6 N–H and O–H groups in total. The lowest BCUT2D eigenvalue weighted by atomic mass is 9.85. The number of allylic oxidation sites excluding steroid dienone is 4. The molecule has 1 saturated carbocycles. The fourth-order valence-corrected chi connectivity index (χ4v) is 8.70. The largest absolute Gasteiger partial charge is 0.472 e. The van der Waals surface area contributed by atoms with Crippen LogP contribution in [0.5, 0.6) is 0 Å². The molecule has 6 atom stereocenters. The molecule has 6 unspecified atom stereocenters. The Morgan fingerprint density at radius 2 is 0.857 bits per heavy atom.